The number of piperazine rings is 1. The summed E-state index contributed by atoms with van der Waals surface area (Å²) >= 11 is 0. The molecule has 4 heteroatoms. The van der Waals surface area contributed by atoms with Crippen LogP contribution in [0.3, 0.4) is 0 Å². The maximum atomic E-state index is 6.42. The molecule has 2 N–H and O–H groups in total. The smallest absolute Gasteiger partial charge is 0.0502 e. The van der Waals surface area contributed by atoms with Crippen LogP contribution in [0.15, 0.2) is 0 Å². The molecule has 0 aromatic carbocycles. The van der Waals surface area contributed by atoms with E-state index < -0.39 is 0 Å². The quantitative estimate of drug-likeness (QED) is 0.827. The Labute approximate surface area is 129 Å². The minimum Gasteiger partial charge on any atom is -0.329 e. The van der Waals surface area contributed by atoms with Crippen molar-refractivity contribution in [1.29, 1.82) is 0 Å². The zero-order chi connectivity index (χ0) is 14.4. The van der Waals surface area contributed by atoms with Crippen molar-refractivity contribution >= 4 is 0 Å². The normalized spacial score (nSPS) is 45.7. The lowest BCUT2D eigenvalue weighted by molar-refractivity contribution is -0.0423. The van der Waals surface area contributed by atoms with E-state index in [1.165, 1.54) is 71.2 Å². The van der Waals surface area contributed by atoms with Gasteiger partial charge in [0.25, 0.3) is 0 Å². The summed E-state index contributed by atoms with van der Waals surface area (Å²) < 4.78 is 0. The van der Waals surface area contributed by atoms with Crippen LogP contribution in [0.4, 0.5) is 0 Å². The van der Waals surface area contributed by atoms with Crippen molar-refractivity contribution < 1.29 is 0 Å². The molecule has 0 saturated carbocycles. The largest absolute Gasteiger partial charge is 0.329 e. The van der Waals surface area contributed by atoms with E-state index in [0.717, 1.165) is 18.6 Å². The minimum absolute atomic E-state index is 0.272. The fourth-order valence-electron chi connectivity index (χ4n) is 5.87. The van der Waals surface area contributed by atoms with Crippen molar-refractivity contribution in [3.63, 3.8) is 0 Å². The molecular formula is C17H32N4. The predicted octanol–water partition coefficient (Wildman–Crippen LogP) is 1.11. The number of nitrogens with zero attached hydrogens (tertiary/aromatic N) is 3. The molecule has 21 heavy (non-hydrogen) atoms. The number of nitrogens with two attached hydrogens (primary N) is 1. The van der Waals surface area contributed by atoms with Crippen LogP contribution in [-0.4, -0.2) is 77.6 Å². The van der Waals surface area contributed by atoms with Crippen molar-refractivity contribution in [3.05, 3.63) is 0 Å². The summed E-state index contributed by atoms with van der Waals surface area (Å²) in [5, 5.41) is 0. The SMILES string of the molecule is CC1CN2CCCC2CN1C1(CN)CCN2CCCCC21. The summed E-state index contributed by atoms with van der Waals surface area (Å²) in [5.74, 6) is 0. The third-order valence-electron chi connectivity index (χ3n) is 6.93. The maximum Gasteiger partial charge on any atom is 0.0502 e. The highest BCUT2D eigenvalue weighted by atomic mass is 15.4. The molecule has 4 saturated heterocycles. The Bertz CT molecular complexity index is 387. The first kappa shape index (κ1) is 14.4. The molecule has 0 aromatic heterocycles. The highest BCUT2D eigenvalue weighted by Gasteiger charge is 2.53. The van der Waals surface area contributed by atoms with Gasteiger partial charge in [-0.25, -0.2) is 0 Å². The van der Waals surface area contributed by atoms with Gasteiger partial charge < -0.3 is 5.73 Å². The average Bonchev–Trinajstić information content (AvgIpc) is 3.10. The van der Waals surface area contributed by atoms with Crippen LogP contribution in [0.1, 0.15) is 45.4 Å². The number of fused-ring (bicyclic) bond motifs is 2. The molecular weight excluding hydrogens is 260 g/mol. The van der Waals surface area contributed by atoms with Gasteiger partial charge in [-0.15, -0.1) is 0 Å². The van der Waals surface area contributed by atoms with Crippen molar-refractivity contribution in [2.45, 2.75) is 69.1 Å². The summed E-state index contributed by atoms with van der Waals surface area (Å²) in [6.45, 7) is 9.74. The van der Waals surface area contributed by atoms with Crippen LogP contribution >= 0.6 is 0 Å². The molecule has 0 spiro atoms. The Balaban J connectivity index is 1.59. The lowest BCUT2D eigenvalue weighted by Gasteiger charge is -2.54. The molecule has 0 aliphatic carbocycles. The number of hydrogen-bond acceptors (Lipinski definition) is 4. The molecule has 4 atom stereocenters. The summed E-state index contributed by atoms with van der Waals surface area (Å²) in [6.07, 6.45) is 8.26. The lowest BCUT2D eigenvalue weighted by atomic mass is 9.81. The van der Waals surface area contributed by atoms with Crippen LogP contribution in [0, 0.1) is 0 Å². The van der Waals surface area contributed by atoms with Gasteiger partial charge in [0.05, 0.1) is 5.54 Å². The third kappa shape index (κ3) is 2.18. The molecule has 0 aromatic rings. The van der Waals surface area contributed by atoms with Crippen LogP contribution in [0.2, 0.25) is 0 Å². The second-order valence-electron chi connectivity index (χ2n) is 7.90. The monoisotopic (exact) mass is 292 g/mol. The molecule has 0 bridgehead atoms. The molecule has 4 fully saturated rings. The van der Waals surface area contributed by atoms with Gasteiger partial charge in [-0.1, -0.05) is 6.42 Å². The Morgan fingerprint density at radius 2 is 1.86 bits per heavy atom. The highest BCUT2D eigenvalue weighted by molar-refractivity contribution is 5.11. The molecule has 0 radical (unpaired) electrons. The van der Waals surface area contributed by atoms with Crippen molar-refractivity contribution in [2.75, 3.05) is 39.3 Å². The standard InChI is InChI=1S/C17H32N4/c1-14-11-20-9-4-5-15(20)12-21(14)17(13-18)7-10-19-8-3-2-6-16(17)19/h14-16H,2-13,18H2,1H3. The van der Waals surface area contributed by atoms with Crippen LogP contribution < -0.4 is 5.73 Å². The van der Waals surface area contributed by atoms with Crippen LogP contribution in [0.5, 0.6) is 0 Å². The van der Waals surface area contributed by atoms with Crippen molar-refractivity contribution in [1.82, 2.24) is 14.7 Å². The van der Waals surface area contributed by atoms with E-state index in [1.54, 1.807) is 0 Å². The lowest BCUT2D eigenvalue weighted by Crippen LogP contribution is -2.69. The van der Waals surface area contributed by atoms with E-state index in [9.17, 15) is 0 Å². The van der Waals surface area contributed by atoms with Crippen LogP contribution in [-0.2, 0) is 0 Å². The van der Waals surface area contributed by atoms with Crippen molar-refractivity contribution in [3.8, 4) is 0 Å². The Kier molecular flexibility index (Phi) is 3.77. The number of piperidine rings is 1. The van der Waals surface area contributed by atoms with Crippen LogP contribution in [0.25, 0.3) is 0 Å². The van der Waals surface area contributed by atoms with E-state index in [0.29, 0.717) is 6.04 Å². The van der Waals surface area contributed by atoms with E-state index in [-0.39, 0.29) is 5.54 Å². The Morgan fingerprint density at radius 1 is 1.00 bits per heavy atom. The first-order valence-corrected chi connectivity index (χ1v) is 9.19. The number of hydrogen-bond donors (Lipinski definition) is 1. The summed E-state index contributed by atoms with van der Waals surface area (Å²) in [5.41, 5.74) is 6.70. The summed E-state index contributed by atoms with van der Waals surface area (Å²) in [7, 11) is 0. The van der Waals surface area contributed by atoms with E-state index in [2.05, 4.69) is 21.6 Å². The Morgan fingerprint density at radius 3 is 2.71 bits per heavy atom. The molecule has 120 valence electrons. The summed E-state index contributed by atoms with van der Waals surface area (Å²) in [4.78, 5) is 8.35. The second kappa shape index (κ2) is 5.48. The Hall–Kier alpha value is -0.160. The maximum absolute atomic E-state index is 6.42. The first-order valence-electron chi connectivity index (χ1n) is 9.19. The molecule has 4 nitrogen and oxygen atoms in total. The average molecular weight is 292 g/mol. The van der Waals surface area contributed by atoms with Crippen molar-refractivity contribution in [2.24, 2.45) is 5.73 Å². The minimum atomic E-state index is 0.272. The van der Waals surface area contributed by atoms with E-state index in [4.69, 9.17) is 5.73 Å². The molecule has 0 amide bonds. The zero-order valence-electron chi connectivity index (χ0n) is 13.6. The van der Waals surface area contributed by atoms with Gasteiger partial charge in [0.1, 0.15) is 0 Å². The summed E-state index contributed by atoms with van der Waals surface area (Å²) in [6, 6.07) is 2.21. The third-order valence-corrected chi connectivity index (χ3v) is 6.93. The molecule has 4 rings (SSSR count). The van der Waals surface area contributed by atoms with Gasteiger partial charge >= 0.3 is 0 Å². The number of rotatable bonds is 2. The predicted molar refractivity (Wildman–Crippen MR) is 86.4 cm³/mol. The van der Waals surface area contributed by atoms with E-state index >= 15 is 0 Å². The van der Waals surface area contributed by atoms with Gasteiger partial charge in [0, 0.05) is 44.3 Å². The van der Waals surface area contributed by atoms with Gasteiger partial charge in [-0.3, -0.25) is 14.7 Å². The van der Waals surface area contributed by atoms with E-state index in [1.807, 2.05) is 0 Å². The van der Waals surface area contributed by atoms with Gasteiger partial charge in [0.15, 0.2) is 0 Å². The molecule has 4 aliphatic rings. The first-order chi connectivity index (χ1) is 10.2. The van der Waals surface area contributed by atoms with Gasteiger partial charge in [0.2, 0.25) is 0 Å². The molecule has 4 unspecified atom stereocenters. The molecule has 4 heterocycles. The van der Waals surface area contributed by atoms with Gasteiger partial charge in [-0.05, 0) is 52.1 Å². The zero-order valence-corrected chi connectivity index (χ0v) is 13.6. The van der Waals surface area contributed by atoms with Gasteiger partial charge in [-0.2, -0.15) is 0 Å². The fraction of sp³-hybridized carbons (Fsp3) is 1.00. The molecule has 4 aliphatic heterocycles. The topological polar surface area (TPSA) is 35.7 Å². The second-order valence-corrected chi connectivity index (χ2v) is 7.90. The highest BCUT2D eigenvalue weighted by Crippen LogP contribution is 2.41. The fourth-order valence-corrected chi connectivity index (χ4v) is 5.87.